The molecule has 0 radical (unpaired) electrons. The molecule has 5 unspecified atom stereocenters. The Balaban J connectivity index is 1.98. The van der Waals surface area contributed by atoms with E-state index in [-0.39, 0.29) is 6.10 Å². The predicted molar refractivity (Wildman–Crippen MR) is 52.1 cm³/mol. The average molecular weight is 176 g/mol. The minimum absolute atomic E-state index is 0.189. The van der Waals surface area contributed by atoms with Crippen molar-refractivity contribution in [1.82, 2.24) is 0 Å². The van der Waals surface area contributed by atoms with Crippen molar-refractivity contribution in [2.24, 2.45) is 23.7 Å². The summed E-state index contributed by atoms with van der Waals surface area (Å²) in [4.78, 5) is 0. The lowest BCUT2D eigenvalue weighted by atomic mass is 9.78. The van der Waals surface area contributed by atoms with Crippen molar-refractivity contribution >= 4 is 0 Å². The van der Waals surface area contributed by atoms with E-state index in [0.717, 1.165) is 17.4 Å². The number of allylic oxidation sites excluding steroid dienone is 2. The number of hydrogen-bond donors (Lipinski definition) is 1. The second-order valence-electron chi connectivity index (χ2n) is 4.98. The van der Waals surface area contributed by atoms with Crippen LogP contribution in [0.25, 0.3) is 0 Å². The molecule has 0 heterocycles. The van der Waals surface area contributed by atoms with Crippen LogP contribution in [0.5, 0.6) is 0 Å². The highest BCUT2D eigenvalue weighted by Crippen LogP contribution is 2.59. The molecule has 3 aliphatic carbocycles. The lowest BCUT2D eigenvalue weighted by Gasteiger charge is -2.30. The Morgan fingerprint density at radius 1 is 1.46 bits per heavy atom. The topological polar surface area (TPSA) is 20.2 Å². The molecule has 70 valence electrons. The lowest BCUT2D eigenvalue weighted by molar-refractivity contribution is 0.110. The summed E-state index contributed by atoms with van der Waals surface area (Å²) in [5.74, 6) is 2.59. The Morgan fingerprint density at radius 2 is 2.23 bits per heavy atom. The fourth-order valence-electron chi connectivity index (χ4n) is 3.76. The molecule has 2 fully saturated rings. The number of fused-ring (bicyclic) bond motifs is 5. The van der Waals surface area contributed by atoms with Gasteiger partial charge < -0.3 is 5.11 Å². The summed E-state index contributed by atoms with van der Waals surface area (Å²) in [7, 11) is 0. The minimum Gasteiger partial charge on any atom is -0.388 e. The molecule has 0 aromatic rings. The fourth-order valence-corrected chi connectivity index (χ4v) is 3.76. The van der Waals surface area contributed by atoms with Gasteiger partial charge in [-0.3, -0.25) is 0 Å². The minimum atomic E-state index is -0.189. The van der Waals surface area contributed by atoms with E-state index in [1.807, 2.05) is 0 Å². The molecule has 2 bridgehead atoms. The van der Waals surface area contributed by atoms with E-state index in [9.17, 15) is 5.11 Å². The summed E-state index contributed by atoms with van der Waals surface area (Å²) in [6.45, 7) is 6.24. The summed E-state index contributed by atoms with van der Waals surface area (Å²) in [5.41, 5.74) is 2.63. The summed E-state index contributed by atoms with van der Waals surface area (Å²) in [6, 6.07) is 0. The largest absolute Gasteiger partial charge is 0.388 e. The number of rotatable bonds is 0. The van der Waals surface area contributed by atoms with Crippen LogP contribution in [0.3, 0.4) is 0 Å². The summed E-state index contributed by atoms with van der Waals surface area (Å²) >= 11 is 0. The van der Waals surface area contributed by atoms with E-state index >= 15 is 0 Å². The quantitative estimate of drug-likeness (QED) is 0.561. The van der Waals surface area contributed by atoms with Crippen LogP contribution in [0, 0.1) is 23.7 Å². The van der Waals surface area contributed by atoms with Crippen LogP contribution in [-0.2, 0) is 0 Å². The third-order valence-electron chi connectivity index (χ3n) is 4.33. The molecule has 1 heteroatoms. The molecule has 1 nitrogen and oxygen atoms in total. The summed E-state index contributed by atoms with van der Waals surface area (Å²) < 4.78 is 0. The van der Waals surface area contributed by atoms with Gasteiger partial charge in [0.1, 0.15) is 0 Å². The first kappa shape index (κ1) is 7.81. The molecule has 0 aromatic carbocycles. The molecule has 13 heavy (non-hydrogen) atoms. The first-order valence-electron chi connectivity index (χ1n) is 5.22. The number of aliphatic hydroxyl groups excluding tert-OH is 1. The Labute approximate surface area is 79.2 Å². The molecule has 0 saturated heterocycles. The van der Waals surface area contributed by atoms with Crippen LogP contribution in [0.2, 0.25) is 0 Å². The summed E-state index contributed by atoms with van der Waals surface area (Å²) in [6.07, 6.45) is 4.65. The van der Waals surface area contributed by atoms with Crippen LogP contribution in [0.15, 0.2) is 23.8 Å². The molecule has 0 spiro atoms. The van der Waals surface area contributed by atoms with E-state index < -0.39 is 0 Å². The van der Waals surface area contributed by atoms with E-state index in [4.69, 9.17) is 0 Å². The Morgan fingerprint density at radius 3 is 3.00 bits per heavy atom. The first-order valence-corrected chi connectivity index (χ1v) is 5.22. The van der Waals surface area contributed by atoms with Crippen molar-refractivity contribution in [3.8, 4) is 0 Å². The number of hydrogen-bond acceptors (Lipinski definition) is 1. The predicted octanol–water partition coefficient (Wildman–Crippen LogP) is 2.14. The molecule has 0 amide bonds. The van der Waals surface area contributed by atoms with Crippen molar-refractivity contribution < 1.29 is 5.11 Å². The molecule has 3 aliphatic rings. The van der Waals surface area contributed by atoms with Gasteiger partial charge in [-0.25, -0.2) is 0 Å². The maximum Gasteiger partial charge on any atom is 0.0781 e. The van der Waals surface area contributed by atoms with E-state index in [1.54, 1.807) is 0 Å². The van der Waals surface area contributed by atoms with Crippen molar-refractivity contribution in [2.45, 2.75) is 25.9 Å². The number of aliphatic hydroxyl groups is 1. The molecule has 1 N–H and O–H groups in total. The van der Waals surface area contributed by atoms with Gasteiger partial charge in [0.05, 0.1) is 6.10 Å². The van der Waals surface area contributed by atoms with Crippen molar-refractivity contribution in [3.05, 3.63) is 23.8 Å². The zero-order chi connectivity index (χ0) is 9.16. The molecule has 2 saturated carbocycles. The second kappa shape index (κ2) is 2.27. The molecular weight excluding hydrogens is 160 g/mol. The van der Waals surface area contributed by atoms with Crippen LogP contribution in [-0.4, -0.2) is 11.2 Å². The Hall–Kier alpha value is -0.560. The third kappa shape index (κ3) is 0.812. The first-order chi connectivity index (χ1) is 6.18. The smallest absolute Gasteiger partial charge is 0.0781 e. The fraction of sp³-hybridized carbons (Fsp3) is 0.667. The molecule has 0 aromatic heterocycles. The molecule has 0 aliphatic heterocycles. The zero-order valence-corrected chi connectivity index (χ0v) is 8.03. The van der Waals surface area contributed by atoms with Gasteiger partial charge in [0.2, 0.25) is 0 Å². The SMILES string of the molecule is C=C1C(O)C2CC1C1C=C(C)CC12. The van der Waals surface area contributed by atoms with E-state index in [1.165, 1.54) is 18.4 Å². The molecule has 5 atom stereocenters. The maximum absolute atomic E-state index is 9.90. The van der Waals surface area contributed by atoms with Crippen LogP contribution in [0.1, 0.15) is 19.8 Å². The van der Waals surface area contributed by atoms with Crippen molar-refractivity contribution in [3.63, 3.8) is 0 Å². The normalized spacial score (nSPS) is 52.6. The molecule has 3 rings (SSSR count). The van der Waals surface area contributed by atoms with Crippen LogP contribution >= 0.6 is 0 Å². The van der Waals surface area contributed by atoms with Gasteiger partial charge in [-0.2, -0.15) is 0 Å². The second-order valence-corrected chi connectivity index (χ2v) is 4.98. The highest BCUT2D eigenvalue weighted by atomic mass is 16.3. The van der Waals surface area contributed by atoms with Gasteiger partial charge in [0.15, 0.2) is 0 Å². The average Bonchev–Trinajstić information content (AvgIpc) is 2.64. The Kier molecular flexibility index (Phi) is 1.36. The summed E-state index contributed by atoms with van der Waals surface area (Å²) in [5, 5.41) is 9.90. The van der Waals surface area contributed by atoms with Crippen molar-refractivity contribution in [2.75, 3.05) is 0 Å². The third-order valence-corrected chi connectivity index (χ3v) is 4.33. The standard InChI is InChI=1S/C12H16O/c1-6-3-9-8-5-11(10(9)4-6)12(13)7(8)2/h3,8-13H,2,4-5H2,1H3. The Bertz CT molecular complexity index is 302. The molecular formula is C12H16O. The van der Waals surface area contributed by atoms with Crippen LogP contribution < -0.4 is 0 Å². The van der Waals surface area contributed by atoms with Crippen molar-refractivity contribution in [1.29, 1.82) is 0 Å². The van der Waals surface area contributed by atoms with Gasteiger partial charge in [-0.15, -0.1) is 0 Å². The highest BCUT2D eigenvalue weighted by Gasteiger charge is 2.54. The van der Waals surface area contributed by atoms with E-state index in [2.05, 4.69) is 19.6 Å². The van der Waals surface area contributed by atoms with Gasteiger partial charge in [0, 0.05) is 0 Å². The van der Waals surface area contributed by atoms with Gasteiger partial charge in [0.25, 0.3) is 0 Å². The maximum atomic E-state index is 9.90. The monoisotopic (exact) mass is 176 g/mol. The van der Waals surface area contributed by atoms with Gasteiger partial charge in [-0.1, -0.05) is 18.2 Å². The zero-order valence-electron chi connectivity index (χ0n) is 8.03. The van der Waals surface area contributed by atoms with Crippen LogP contribution in [0.4, 0.5) is 0 Å². The lowest BCUT2D eigenvalue weighted by Crippen LogP contribution is -2.29. The van der Waals surface area contributed by atoms with Gasteiger partial charge >= 0.3 is 0 Å². The highest BCUT2D eigenvalue weighted by molar-refractivity contribution is 5.30. The van der Waals surface area contributed by atoms with E-state index in [0.29, 0.717) is 11.8 Å². The van der Waals surface area contributed by atoms with Gasteiger partial charge in [-0.05, 0) is 49.0 Å².